The molecule has 2 aromatic carbocycles. The van der Waals surface area contributed by atoms with E-state index in [0.29, 0.717) is 30.4 Å². The summed E-state index contributed by atoms with van der Waals surface area (Å²) in [5.41, 5.74) is 1.59. The van der Waals surface area contributed by atoms with Crippen LogP contribution in [-0.4, -0.2) is 90.0 Å². The van der Waals surface area contributed by atoms with E-state index in [9.17, 15) is 27.9 Å². The number of carbonyl (C=O) groups is 3. The molecule has 2 aromatic rings. The first-order chi connectivity index (χ1) is 22.9. The van der Waals surface area contributed by atoms with Crippen molar-refractivity contribution in [2.75, 3.05) is 19.3 Å². The second kappa shape index (κ2) is 15.7. The minimum atomic E-state index is -3.85. The molecule has 49 heavy (non-hydrogen) atoms. The van der Waals surface area contributed by atoms with Crippen molar-refractivity contribution in [2.24, 2.45) is 11.8 Å². The second-order valence-electron chi connectivity index (χ2n) is 15.8. The second-order valence-corrected chi connectivity index (χ2v) is 18.4. The molecular weight excluding hydrogens is 641 g/mol. The summed E-state index contributed by atoms with van der Waals surface area (Å²) in [7, 11) is -3.85. The van der Waals surface area contributed by atoms with E-state index in [4.69, 9.17) is 0 Å². The monoisotopic (exact) mass is 696 g/mol. The summed E-state index contributed by atoms with van der Waals surface area (Å²) >= 11 is 0. The Morgan fingerprint density at radius 1 is 0.939 bits per heavy atom. The van der Waals surface area contributed by atoms with Gasteiger partial charge < -0.3 is 21.1 Å². The highest BCUT2D eigenvalue weighted by Gasteiger charge is 2.46. The molecular formula is C38H56N4O6S. The number of nitrogens with zero attached hydrogens (tertiary/aromatic N) is 1. The van der Waals surface area contributed by atoms with E-state index >= 15 is 0 Å². The van der Waals surface area contributed by atoms with Crippen LogP contribution in [0.4, 0.5) is 0 Å². The van der Waals surface area contributed by atoms with Gasteiger partial charge in [-0.15, -0.1) is 0 Å². The quantitative estimate of drug-likeness (QED) is 0.264. The molecule has 4 rings (SSSR count). The number of sulfone groups is 1. The van der Waals surface area contributed by atoms with Crippen molar-refractivity contribution in [1.82, 2.24) is 20.9 Å². The lowest BCUT2D eigenvalue weighted by Gasteiger charge is -2.47. The van der Waals surface area contributed by atoms with E-state index < -0.39 is 56.2 Å². The molecule has 1 saturated heterocycles. The molecule has 10 nitrogen and oxygen atoms in total. The Morgan fingerprint density at radius 3 is 2.20 bits per heavy atom. The van der Waals surface area contributed by atoms with Crippen LogP contribution in [0, 0.1) is 18.8 Å². The van der Waals surface area contributed by atoms with Crippen LogP contribution >= 0.6 is 0 Å². The van der Waals surface area contributed by atoms with E-state index in [1.165, 1.54) is 13.8 Å². The van der Waals surface area contributed by atoms with Crippen LogP contribution < -0.4 is 16.0 Å². The van der Waals surface area contributed by atoms with Gasteiger partial charge in [-0.2, -0.15) is 0 Å². The molecule has 3 amide bonds. The van der Waals surface area contributed by atoms with Crippen molar-refractivity contribution >= 4 is 27.6 Å². The van der Waals surface area contributed by atoms with E-state index in [1.54, 1.807) is 18.2 Å². The summed E-state index contributed by atoms with van der Waals surface area (Å²) in [5.74, 6) is -0.485. The average Bonchev–Trinajstić information content (AvgIpc) is 3.01. The zero-order chi connectivity index (χ0) is 36.1. The average molecular weight is 697 g/mol. The zero-order valence-electron chi connectivity index (χ0n) is 30.2. The highest BCUT2D eigenvalue weighted by atomic mass is 32.2. The van der Waals surface area contributed by atoms with Crippen molar-refractivity contribution in [3.8, 4) is 0 Å². The van der Waals surface area contributed by atoms with Gasteiger partial charge in [0.05, 0.1) is 22.9 Å². The number of aliphatic hydroxyl groups excluding tert-OH is 1. The van der Waals surface area contributed by atoms with Crippen molar-refractivity contribution in [2.45, 2.75) is 115 Å². The van der Waals surface area contributed by atoms with Crippen LogP contribution in [0.25, 0.3) is 0 Å². The molecule has 1 aliphatic carbocycles. The fraction of sp³-hybridized carbons (Fsp3) is 0.605. The smallest absolute Gasteiger partial charge is 0.251 e. The molecule has 0 aromatic heterocycles. The van der Waals surface area contributed by atoms with Crippen molar-refractivity contribution in [3.05, 3.63) is 71.3 Å². The van der Waals surface area contributed by atoms with Crippen LogP contribution in [0.2, 0.25) is 0 Å². The Balaban J connectivity index is 1.63. The van der Waals surface area contributed by atoms with Crippen molar-refractivity contribution in [1.29, 1.82) is 0 Å². The minimum absolute atomic E-state index is 0.0683. The largest absolute Gasteiger partial charge is 0.390 e. The Morgan fingerprint density at radius 2 is 1.59 bits per heavy atom. The molecule has 3 unspecified atom stereocenters. The number of aryl methyl sites for hydroxylation is 1. The predicted molar refractivity (Wildman–Crippen MR) is 193 cm³/mol. The first-order valence-corrected chi connectivity index (χ1v) is 19.4. The molecule has 11 heteroatoms. The van der Waals surface area contributed by atoms with Gasteiger partial charge in [-0.1, -0.05) is 67.3 Å². The number of hydrogen-bond donors (Lipinski definition) is 4. The molecule has 0 spiro atoms. The number of rotatable bonds is 12. The third kappa shape index (κ3) is 10.1. The number of carbonyl (C=O) groups excluding carboxylic acids is 3. The third-order valence-electron chi connectivity index (χ3n) is 10.3. The zero-order valence-corrected chi connectivity index (χ0v) is 31.0. The Kier molecular flexibility index (Phi) is 12.4. The summed E-state index contributed by atoms with van der Waals surface area (Å²) in [4.78, 5) is 43.3. The van der Waals surface area contributed by atoms with Crippen LogP contribution in [0.15, 0.2) is 54.6 Å². The summed E-state index contributed by atoms with van der Waals surface area (Å²) in [6, 6.07) is 13.5. The van der Waals surface area contributed by atoms with Crippen molar-refractivity contribution < 1.29 is 27.9 Å². The first-order valence-electron chi connectivity index (χ1n) is 17.5. The molecule has 1 aliphatic heterocycles. The highest BCUT2D eigenvalue weighted by molar-refractivity contribution is 7.92. The summed E-state index contributed by atoms with van der Waals surface area (Å²) in [6.07, 6.45) is 5.39. The van der Waals surface area contributed by atoms with E-state index in [2.05, 4.69) is 20.9 Å². The topological polar surface area (TPSA) is 145 Å². The van der Waals surface area contributed by atoms with Crippen LogP contribution in [0.5, 0.6) is 0 Å². The lowest BCUT2D eigenvalue weighted by molar-refractivity contribution is -0.133. The predicted octanol–water partition coefficient (Wildman–Crippen LogP) is 3.80. The molecule has 2 aliphatic rings. The SMILES string of the molecule is Cc1cccc(C(=O)N[C@H](C(=O)NC(Cc2ccccc2)C(O)CN2C[C@H]3CCCC[C@H]3CC2C(=O)NC(C)(C)C)C(C)(C)S(C)(=O)=O)c1. The normalized spacial score (nSPS) is 22.2. The van der Waals surface area contributed by atoms with Crippen LogP contribution in [0.3, 0.4) is 0 Å². The molecule has 2 fully saturated rings. The van der Waals surface area contributed by atoms with Gasteiger partial charge in [0.2, 0.25) is 11.8 Å². The lowest BCUT2D eigenvalue weighted by Crippen LogP contribution is -2.64. The van der Waals surface area contributed by atoms with Gasteiger partial charge in [-0.25, -0.2) is 8.42 Å². The first kappa shape index (κ1) is 38.5. The Labute approximate surface area is 292 Å². The van der Waals surface area contributed by atoms with Gasteiger partial charge in [-0.05, 0) is 90.3 Å². The van der Waals surface area contributed by atoms with Crippen LogP contribution in [0.1, 0.15) is 88.2 Å². The molecule has 0 bridgehead atoms. The number of likely N-dealkylation sites (tertiary alicyclic amines) is 1. The number of β-amino-alcohol motifs (C(OH)–C–C–N with tert-alkyl or cyclic N) is 1. The van der Waals surface area contributed by atoms with Gasteiger partial charge in [-0.3, -0.25) is 19.3 Å². The molecule has 1 heterocycles. The molecule has 270 valence electrons. The van der Waals surface area contributed by atoms with Gasteiger partial charge in [0.1, 0.15) is 6.04 Å². The Hall–Kier alpha value is -3.28. The summed E-state index contributed by atoms with van der Waals surface area (Å²) in [5, 5.41) is 20.7. The number of aliphatic hydroxyl groups is 1. The number of benzene rings is 2. The van der Waals surface area contributed by atoms with Gasteiger partial charge in [0.15, 0.2) is 9.84 Å². The number of hydrogen-bond acceptors (Lipinski definition) is 7. The van der Waals surface area contributed by atoms with E-state index in [0.717, 1.165) is 43.1 Å². The highest BCUT2D eigenvalue weighted by Crippen LogP contribution is 2.39. The fourth-order valence-corrected chi connectivity index (χ4v) is 7.78. The maximum absolute atomic E-state index is 14.2. The van der Waals surface area contributed by atoms with Gasteiger partial charge >= 0.3 is 0 Å². The van der Waals surface area contributed by atoms with Gasteiger partial charge in [0.25, 0.3) is 5.91 Å². The third-order valence-corrected chi connectivity index (χ3v) is 12.4. The number of fused-ring (bicyclic) bond motifs is 1. The van der Waals surface area contributed by atoms with Crippen molar-refractivity contribution in [3.63, 3.8) is 0 Å². The number of piperidine rings is 1. The Bertz CT molecular complexity index is 1570. The maximum atomic E-state index is 14.2. The summed E-state index contributed by atoms with van der Waals surface area (Å²) in [6.45, 7) is 11.3. The van der Waals surface area contributed by atoms with Crippen LogP contribution in [-0.2, 0) is 25.8 Å². The van der Waals surface area contributed by atoms with E-state index in [1.807, 2.05) is 64.1 Å². The van der Waals surface area contributed by atoms with E-state index in [-0.39, 0.29) is 18.9 Å². The standard InChI is InChI=1S/C38H56N4O6S/c1-25-14-13-19-28(20-25)34(44)40-33(38(5,6)49(7,47)48)36(46)39-30(21-26-15-9-8-10-16-26)32(43)24-42-23-29-18-12-11-17-27(29)22-31(42)35(45)41-37(2,3)4/h8-10,13-16,19-20,27,29-33,43H,11-12,17-18,21-24H2,1-7H3,(H,39,46)(H,40,44)(H,41,45)/t27-,29+,30?,31?,32?,33+/m0/s1. The maximum Gasteiger partial charge on any atom is 0.251 e. The molecule has 0 radical (unpaired) electrons. The number of nitrogens with one attached hydrogen (secondary N) is 3. The molecule has 6 atom stereocenters. The fourth-order valence-electron chi connectivity index (χ4n) is 7.18. The molecule has 4 N–H and O–H groups in total. The minimum Gasteiger partial charge on any atom is -0.390 e. The molecule has 1 saturated carbocycles. The number of amides is 3. The lowest BCUT2D eigenvalue weighted by atomic mass is 9.72. The van der Waals surface area contributed by atoms with Gasteiger partial charge in [0, 0.05) is 30.4 Å². The summed E-state index contributed by atoms with van der Waals surface area (Å²) < 4.78 is 24.4.